The third-order valence-corrected chi connectivity index (χ3v) is 2.45. The third kappa shape index (κ3) is 1.19. The largest absolute Gasteiger partial charge is 0.453 e. The Morgan fingerprint density at radius 1 is 1.50 bits per heavy atom. The summed E-state index contributed by atoms with van der Waals surface area (Å²) in [4.78, 5) is 13.1. The summed E-state index contributed by atoms with van der Waals surface area (Å²) in [6, 6.07) is 0. The number of esters is 1. The van der Waals surface area contributed by atoms with Gasteiger partial charge in [-0.05, 0) is 19.8 Å². The van der Waals surface area contributed by atoms with Gasteiger partial charge in [-0.15, -0.1) is 0 Å². The van der Waals surface area contributed by atoms with Gasteiger partial charge in [0.15, 0.2) is 0 Å². The zero-order valence-corrected chi connectivity index (χ0v) is 7.25. The van der Waals surface area contributed by atoms with Gasteiger partial charge in [0, 0.05) is 19.2 Å². The molecule has 12 heavy (non-hydrogen) atoms. The zero-order valence-electron chi connectivity index (χ0n) is 7.25. The highest BCUT2D eigenvalue weighted by Crippen LogP contribution is 2.23. The maximum Gasteiger partial charge on any atom is 0.333 e. The Bertz CT molecular complexity index is 229. The van der Waals surface area contributed by atoms with E-state index in [-0.39, 0.29) is 12.1 Å². The minimum Gasteiger partial charge on any atom is -0.453 e. The number of nitrogens with zero attached hydrogens (tertiary/aromatic N) is 1. The molecule has 2 rings (SSSR count). The predicted octanol–water partition coefficient (Wildman–Crippen LogP) is 0.911. The molecule has 3 heteroatoms. The summed E-state index contributed by atoms with van der Waals surface area (Å²) in [6.07, 6.45) is 4.06. The second-order valence-corrected chi connectivity index (χ2v) is 3.34. The summed E-state index contributed by atoms with van der Waals surface area (Å²) in [6.45, 7) is 4.08. The van der Waals surface area contributed by atoms with Crippen LogP contribution in [-0.4, -0.2) is 30.1 Å². The summed E-state index contributed by atoms with van der Waals surface area (Å²) in [5.41, 5.74) is 1.07. The first-order chi connectivity index (χ1) is 5.77. The maximum atomic E-state index is 10.9. The van der Waals surface area contributed by atoms with Gasteiger partial charge in [0.25, 0.3) is 0 Å². The molecule has 0 aromatic heterocycles. The molecule has 1 atom stereocenters. The van der Waals surface area contributed by atoms with Crippen molar-refractivity contribution in [1.82, 2.24) is 4.90 Å². The summed E-state index contributed by atoms with van der Waals surface area (Å²) >= 11 is 0. The molecule has 0 spiro atoms. The fourth-order valence-electron chi connectivity index (χ4n) is 1.83. The molecule has 0 N–H and O–H groups in total. The zero-order chi connectivity index (χ0) is 8.55. The molecule has 3 nitrogen and oxygen atoms in total. The summed E-state index contributed by atoms with van der Waals surface area (Å²) < 4.78 is 5.01. The highest BCUT2D eigenvalue weighted by molar-refractivity contribution is 5.85. The minimum atomic E-state index is -0.190. The number of hydrogen-bond acceptors (Lipinski definition) is 3. The van der Waals surface area contributed by atoms with Crippen molar-refractivity contribution in [3.05, 3.63) is 11.8 Å². The molecule has 66 valence electrons. The molecule has 0 aromatic rings. The van der Waals surface area contributed by atoms with Crippen LogP contribution in [0.15, 0.2) is 11.8 Å². The number of carbonyl (C=O) groups is 1. The molecule has 2 aliphatic heterocycles. The number of rotatable bonds is 1. The lowest BCUT2D eigenvalue weighted by molar-refractivity contribution is -0.138. The maximum absolute atomic E-state index is 10.9. The molecule has 1 unspecified atom stereocenters. The molecule has 1 fully saturated rings. The van der Waals surface area contributed by atoms with Gasteiger partial charge in [0.1, 0.15) is 6.10 Å². The standard InChI is InChI=1S/C9H13NO2/c1-7-8(6-9(11)12-7)10-4-2-3-5-10/h6-7H,2-5H2,1H3. The van der Waals surface area contributed by atoms with E-state index in [1.807, 2.05) is 6.92 Å². The number of cyclic esters (lactones) is 1. The topological polar surface area (TPSA) is 29.5 Å². The highest BCUT2D eigenvalue weighted by Gasteiger charge is 2.27. The first kappa shape index (κ1) is 7.65. The van der Waals surface area contributed by atoms with E-state index in [9.17, 15) is 4.79 Å². The third-order valence-electron chi connectivity index (χ3n) is 2.45. The van der Waals surface area contributed by atoms with Crippen LogP contribution in [0.5, 0.6) is 0 Å². The Hall–Kier alpha value is -0.990. The smallest absolute Gasteiger partial charge is 0.333 e. The van der Waals surface area contributed by atoms with E-state index in [1.54, 1.807) is 6.08 Å². The Morgan fingerprint density at radius 2 is 2.17 bits per heavy atom. The van der Waals surface area contributed by atoms with Crippen LogP contribution in [0.3, 0.4) is 0 Å². The lowest BCUT2D eigenvalue weighted by atomic mass is 10.3. The van der Waals surface area contributed by atoms with Crippen LogP contribution in [0.1, 0.15) is 19.8 Å². The lowest BCUT2D eigenvalue weighted by Crippen LogP contribution is -2.24. The van der Waals surface area contributed by atoms with Gasteiger partial charge in [-0.1, -0.05) is 0 Å². The normalized spacial score (nSPS) is 29.1. The van der Waals surface area contributed by atoms with E-state index < -0.39 is 0 Å². The molecule has 0 amide bonds. The molecule has 2 heterocycles. The van der Waals surface area contributed by atoms with Gasteiger partial charge in [0.05, 0.1) is 5.70 Å². The number of likely N-dealkylation sites (tertiary alicyclic amines) is 1. The summed E-state index contributed by atoms with van der Waals surface area (Å²) in [5.74, 6) is -0.190. The van der Waals surface area contributed by atoms with Gasteiger partial charge in [-0.3, -0.25) is 0 Å². The molecule has 0 aromatic carbocycles. The van der Waals surface area contributed by atoms with Crippen molar-refractivity contribution >= 4 is 5.97 Å². The fraction of sp³-hybridized carbons (Fsp3) is 0.667. The van der Waals surface area contributed by atoms with E-state index in [4.69, 9.17) is 4.74 Å². The van der Waals surface area contributed by atoms with Crippen LogP contribution in [-0.2, 0) is 9.53 Å². The molecule has 2 aliphatic rings. The van der Waals surface area contributed by atoms with Gasteiger partial charge in [0.2, 0.25) is 0 Å². The molecule has 0 bridgehead atoms. The monoisotopic (exact) mass is 167 g/mol. The fourth-order valence-corrected chi connectivity index (χ4v) is 1.83. The second-order valence-electron chi connectivity index (χ2n) is 3.34. The number of hydrogen-bond donors (Lipinski definition) is 0. The molecule has 0 saturated carbocycles. The van der Waals surface area contributed by atoms with Crippen LogP contribution in [0, 0.1) is 0 Å². The van der Waals surface area contributed by atoms with E-state index >= 15 is 0 Å². The van der Waals surface area contributed by atoms with Crippen molar-refractivity contribution in [1.29, 1.82) is 0 Å². The average molecular weight is 167 g/mol. The predicted molar refractivity (Wildman–Crippen MR) is 44.4 cm³/mol. The number of ether oxygens (including phenoxy) is 1. The van der Waals surface area contributed by atoms with E-state index in [0.717, 1.165) is 18.8 Å². The van der Waals surface area contributed by atoms with E-state index in [0.29, 0.717) is 0 Å². The van der Waals surface area contributed by atoms with E-state index in [1.165, 1.54) is 12.8 Å². The van der Waals surface area contributed by atoms with Gasteiger partial charge < -0.3 is 9.64 Å². The lowest BCUT2D eigenvalue weighted by Gasteiger charge is -2.20. The van der Waals surface area contributed by atoms with Crippen LogP contribution >= 0.6 is 0 Å². The Morgan fingerprint density at radius 3 is 2.67 bits per heavy atom. The molecular weight excluding hydrogens is 154 g/mol. The average Bonchev–Trinajstić information content (AvgIpc) is 2.58. The van der Waals surface area contributed by atoms with Gasteiger partial charge in [-0.25, -0.2) is 4.79 Å². The van der Waals surface area contributed by atoms with Crippen molar-refractivity contribution in [2.75, 3.05) is 13.1 Å². The Kier molecular flexibility index (Phi) is 1.79. The van der Waals surface area contributed by atoms with Crippen LogP contribution < -0.4 is 0 Å². The Labute approximate surface area is 72.0 Å². The van der Waals surface area contributed by atoms with Gasteiger partial charge in [-0.2, -0.15) is 0 Å². The first-order valence-electron chi connectivity index (χ1n) is 4.44. The van der Waals surface area contributed by atoms with Gasteiger partial charge >= 0.3 is 5.97 Å². The van der Waals surface area contributed by atoms with Crippen molar-refractivity contribution in [2.24, 2.45) is 0 Å². The minimum absolute atomic E-state index is 0.0319. The quantitative estimate of drug-likeness (QED) is 0.544. The molecule has 0 aliphatic carbocycles. The highest BCUT2D eigenvalue weighted by atomic mass is 16.5. The van der Waals surface area contributed by atoms with Crippen molar-refractivity contribution < 1.29 is 9.53 Å². The Balaban J connectivity index is 2.11. The van der Waals surface area contributed by atoms with Crippen molar-refractivity contribution in [3.8, 4) is 0 Å². The van der Waals surface area contributed by atoms with Crippen LogP contribution in [0.25, 0.3) is 0 Å². The molecule has 0 radical (unpaired) electrons. The summed E-state index contributed by atoms with van der Waals surface area (Å²) in [5, 5.41) is 0. The van der Waals surface area contributed by atoms with Crippen molar-refractivity contribution in [3.63, 3.8) is 0 Å². The summed E-state index contributed by atoms with van der Waals surface area (Å²) in [7, 11) is 0. The van der Waals surface area contributed by atoms with Crippen LogP contribution in [0.2, 0.25) is 0 Å². The van der Waals surface area contributed by atoms with E-state index in [2.05, 4.69) is 4.90 Å². The number of carbonyl (C=O) groups excluding carboxylic acids is 1. The van der Waals surface area contributed by atoms with Crippen molar-refractivity contribution in [2.45, 2.75) is 25.9 Å². The molecule has 1 saturated heterocycles. The first-order valence-corrected chi connectivity index (χ1v) is 4.44. The van der Waals surface area contributed by atoms with Crippen LogP contribution in [0.4, 0.5) is 0 Å². The second kappa shape index (κ2) is 2.81. The molecular formula is C9H13NO2. The SMILES string of the molecule is CC1OC(=O)C=C1N1CCCC1.